The minimum Gasteiger partial charge on any atom is -0.450 e. The van der Waals surface area contributed by atoms with E-state index < -0.39 is 18.5 Å². The third-order valence-corrected chi connectivity index (χ3v) is 0. The van der Waals surface area contributed by atoms with Gasteiger partial charge in [-0.25, -0.2) is 14.4 Å². The number of carbonyl (C=O) groups is 3. The van der Waals surface area contributed by atoms with Crippen molar-refractivity contribution in [1.29, 1.82) is 0 Å². The van der Waals surface area contributed by atoms with Crippen LogP contribution in [0.15, 0.2) is 0 Å². The topological polar surface area (TPSA) is 2380 Å². The lowest BCUT2D eigenvalue weighted by molar-refractivity contribution is 0.135. The molecule has 0 aromatic heterocycles. The summed E-state index contributed by atoms with van der Waals surface area (Å²) in [7, 11) is 0. The molecule has 75 heavy (non-hydrogen) atoms. The van der Waals surface area contributed by atoms with Crippen molar-refractivity contribution < 1.29 is 45.0 Å². The zero-order valence-corrected chi connectivity index (χ0v) is 50.0. The summed E-state index contributed by atoms with van der Waals surface area (Å²) in [6.45, 7) is 0. The molecule has 0 radical (unpaired) electrons. The Balaban J connectivity index is -0.000000000178. The fourth-order valence-electron chi connectivity index (χ4n) is 0. The van der Waals surface area contributed by atoms with Crippen LogP contribution in [-0.2, 0) is 0 Å². The van der Waals surface area contributed by atoms with E-state index in [-0.39, 0.29) is 387 Å². The average molecular weight is 1260 g/mol. The van der Waals surface area contributed by atoms with Gasteiger partial charge < -0.3 is 418 Å². The van der Waals surface area contributed by atoms with E-state index in [0.717, 1.165) is 0 Å². The first kappa shape index (κ1) is 18300. The molecule has 0 spiro atoms. The number of carboxylic acid groups (broad SMARTS) is 6. The summed E-state index contributed by atoms with van der Waals surface area (Å²) in [5, 5.41) is 41.8. The molecule has 0 aliphatic carbocycles. The van der Waals surface area contributed by atoms with Gasteiger partial charge in [0.25, 0.3) is 0 Å². The molecule has 72 nitrogen and oxygen atoms in total. The van der Waals surface area contributed by atoms with Crippen molar-refractivity contribution in [1.82, 2.24) is 387 Å². The number of rotatable bonds is 0. The van der Waals surface area contributed by atoms with Gasteiger partial charge in [0.15, 0.2) is 0 Å². The lowest BCUT2D eigenvalue weighted by Gasteiger charge is -1.60. The summed E-state index contributed by atoms with van der Waals surface area (Å²) in [5.74, 6) is 0. The smallest absolute Gasteiger partial charge is 0.450 e. The van der Waals surface area contributed by atoms with E-state index in [2.05, 4.69) is 0 Å². The van der Waals surface area contributed by atoms with Gasteiger partial charge in [-0.3, -0.25) is 0 Å². The average Bonchev–Trinajstić information content (AvgIpc) is 1.54. The molecule has 0 saturated carbocycles. The second-order valence-electron chi connectivity index (χ2n) is 0.848. The third-order valence-electron chi connectivity index (χ3n) is 0. The van der Waals surface area contributed by atoms with Gasteiger partial charge in [-0.1, -0.05) is 0 Å². The lowest BCUT2D eigenvalue weighted by Crippen LogP contribution is -1.81. The van der Waals surface area contributed by atoms with Gasteiger partial charge in [0.2, 0.25) is 0 Å². The Morgan fingerprint density at radius 1 is 0.0933 bits per heavy atom. The first-order valence-corrected chi connectivity index (χ1v) is 1.95. The standard InChI is InChI=1S/3CH2O3.63H3N/c3*2-1(3)4;;;;;;;;;;;;;;;;;;;;;;;;;;;;;;;;;;;;;;;;;;;;;;;;;;;;;;;;;;;;;;;/h3*(H2,2,3,4);63*1H3. The normalized spacial score (nSPS) is 0.960. The maximum Gasteiger partial charge on any atom is 0.503 e. The van der Waals surface area contributed by atoms with E-state index >= 15 is 0 Å². The molecule has 0 amide bonds. The maximum absolute atomic E-state index is 8.56. The van der Waals surface area contributed by atoms with Crippen LogP contribution in [-0.4, -0.2) is 49.1 Å². The van der Waals surface area contributed by atoms with Crippen molar-refractivity contribution in [3.63, 3.8) is 0 Å². The summed E-state index contributed by atoms with van der Waals surface area (Å²) in [4.78, 5) is 25.7. The molecule has 0 unspecified atom stereocenters. The molecule has 0 aliphatic rings. The predicted octanol–water partition coefficient (Wildman–Crippen LogP) is 10.9. The molecule has 0 aliphatic heterocycles. The molecule has 0 heterocycles. The van der Waals surface area contributed by atoms with Crippen molar-refractivity contribution in [2.24, 2.45) is 0 Å². The highest BCUT2D eigenvalue weighted by molar-refractivity contribution is 5.53. The van der Waals surface area contributed by atoms with Crippen molar-refractivity contribution in [3.05, 3.63) is 0 Å². The van der Waals surface area contributed by atoms with E-state index in [1.54, 1.807) is 0 Å². The van der Waals surface area contributed by atoms with Crippen LogP contribution in [0.3, 0.4) is 0 Å². The Labute approximate surface area is 451 Å². The Hall–Kier alpha value is -4.71. The molecule has 576 valence electrons. The third kappa shape index (κ3) is 14100. The van der Waals surface area contributed by atoms with Crippen LogP contribution in [0.1, 0.15) is 0 Å². The molecular weight excluding hydrogens is 1060 g/mol. The molecule has 0 aromatic rings. The molecule has 195 N–H and O–H groups in total. The molecule has 0 atom stereocenters. The van der Waals surface area contributed by atoms with Gasteiger partial charge in [-0.15, -0.1) is 0 Å². The van der Waals surface area contributed by atoms with Gasteiger partial charge in [0.05, 0.1) is 0 Å². The summed E-state index contributed by atoms with van der Waals surface area (Å²) < 4.78 is 0. The summed E-state index contributed by atoms with van der Waals surface area (Å²) in [5.41, 5.74) is 0. The van der Waals surface area contributed by atoms with E-state index in [0.29, 0.717) is 0 Å². The van der Waals surface area contributed by atoms with Crippen LogP contribution in [0, 0.1) is 0 Å². The SMILES string of the molecule is N.N.N.N.N.N.N.N.N.N.N.N.N.N.N.N.N.N.N.N.N.N.N.N.N.N.N.N.N.N.N.N.N.N.N.N.N.N.N.N.N.N.N.N.N.N.N.N.N.N.N.N.N.N.N.N.N.N.N.N.N.N.N.O=C(O)O.O=C(O)O.O=C(O)O. The quantitative estimate of drug-likeness (QED) is 0.107. The Morgan fingerprint density at radius 3 is 0.0933 bits per heavy atom. The van der Waals surface area contributed by atoms with Crippen LogP contribution in [0.25, 0.3) is 0 Å². The molecule has 0 aromatic carbocycles. The highest BCUT2D eigenvalue weighted by Crippen LogP contribution is 1.43. The Kier molecular flexibility index (Phi) is 4290000. The van der Waals surface area contributed by atoms with Gasteiger partial charge in [0, 0.05) is 0 Å². The van der Waals surface area contributed by atoms with Gasteiger partial charge in [0.1, 0.15) is 0 Å². The molecule has 0 fully saturated rings. The van der Waals surface area contributed by atoms with E-state index in [1.165, 1.54) is 0 Å². The predicted molar refractivity (Wildman–Crippen MR) is 348 cm³/mol. The maximum atomic E-state index is 8.56. The van der Waals surface area contributed by atoms with Crippen LogP contribution in [0.5, 0.6) is 0 Å². The van der Waals surface area contributed by atoms with Crippen LogP contribution < -0.4 is 387 Å². The lowest BCUT2D eigenvalue weighted by atomic mass is 11.5. The van der Waals surface area contributed by atoms with E-state index in [9.17, 15) is 0 Å². The van der Waals surface area contributed by atoms with Crippen molar-refractivity contribution in [2.75, 3.05) is 0 Å². The summed E-state index contributed by atoms with van der Waals surface area (Å²) in [6, 6.07) is 0. The van der Waals surface area contributed by atoms with Gasteiger partial charge in [-0.05, 0) is 0 Å². The van der Waals surface area contributed by atoms with Crippen LogP contribution in [0.2, 0.25) is 0 Å². The number of hydrogen-bond acceptors (Lipinski definition) is 66. The minimum absolute atomic E-state index is 0. The second-order valence-corrected chi connectivity index (χ2v) is 0.848. The fourth-order valence-corrected chi connectivity index (χ4v) is 0. The minimum atomic E-state index is -1.83. The first-order chi connectivity index (χ1) is 5.20. The largest absolute Gasteiger partial charge is 0.503 e. The summed E-state index contributed by atoms with van der Waals surface area (Å²) in [6.07, 6.45) is -5.50. The van der Waals surface area contributed by atoms with Crippen LogP contribution >= 0.6 is 0 Å². The molecule has 72 heteroatoms. The van der Waals surface area contributed by atoms with Crippen LogP contribution in [0.4, 0.5) is 14.4 Å². The van der Waals surface area contributed by atoms with Crippen molar-refractivity contribution >= 4 is 18.5 Å². The Bertz CT molecular complexity index is 155. The molecule has 0 rings (SSSR count). The second kappa shape index (κ2) is 17600. The summed E-state index contributed by atoms with van der Waals surface area (Å²) >= 11 is 0. The van der Waals surface area contributed by atoms with Gasteiger partial charge in [-0.2, -0.15) is 0 Å². The molecular formula is C3H195N63O9. The first-order valence-electron chi connectivity index (χ1n) is 1.95. The Morgan fingerprint density at radius 2 is 0.0933 bits per heavy atom. The van der Waals surface area contributed by atoms with E-state index in [1.807, 2.05) is 0 Å². The zero-order chi connectivity index (χ0) is 10.7. The number of hydrogen-bond donors (Lipinski definition) is 69. The monoisotopic (exact) mass is 1260 g/mol. The highest BCUT2D eigenvalue weighted by Gasteiger charge is 1.71. The van der Waals surface area contributed by atoms with Crippen molar-refractivity contribution in [3.8, 4) is 0 Å². The van der Waals surface area contributed by atoms with E-state index in [4.69, 9.17) is 45.0 Å². The van der Waals surface area contributed by atoms with Crippen molar-refractivity contribution in [2.45, 2.75) is 0 Å². The fraction of sp³-hybridized carbons (Fsp3) is 0. The molecule has 0 bridgehead atoms. The highest BCUT2D eigenvalue weighted by atomic mass is 16.6. The zero-order valence-electron chi connectivity index (χ0n) is 50.0. The van der Waals surface area contributed by atoms with Gasteiger partial charge >= 0.3 is 18.5 Å². The molecule has 0 saturated heterocycles.